The summed E-state index contributed by atoms with van der Waals surface area (Å²) in [7, 11) is 1.92. The molecule has 2 aromatic carbocycles. The third kappa shape index (κ3) is 4.57. The summed E-state index contributed by atoms with van der Waals surface area (Å²) in [6.45, 7) is 7.20. The van der Waals surface area contributed by atoms with Crippen molar-refractivity contribution in [2.75, 3.05) is 26.2 Å². The van der Waals surface area contributed by atoms with Crippen molar-refractivity contribution in [1.29, 1.82) is 0 Å². The third-order valence-corrected chi connectivity index (χ3v) is 6.61. The Morgan fingerprint density at radius 2 is 1.77 bits per heavy atom. The second kappa shape index (κ2) is 9.06. The quantitative estimate of drug-likeness (QED) is 0.572. The van der Waals surface area contributed by atoms with E-state index in [2.05, 4.69) is 41.2 Å². The van der Waals surface area contributed by atoms with Crippen LogP contribution >= 0.6 is 0 Å². The van der Waals surface area contributed by atoms with Crippen molar-refractivity contribution in [3.05, 3.63) is 72.1 Å². The minimum atomic E-state index is -0.342. The van der Waals surface area contributed by atoms with E-state index in [0.717, 1.165) is 49.4 Å². The number of Topliss-reactive ketones (excluding diaryl/α,β-unsaturated/α-hetero) is 1. The highest BCUT2D eigenvalue weighted by Crippen LogP contribution is 2.38. The molecule has 2 heterocycles. The average molecular weight is 418 g/mol. The van der Waals surface area contributed by atoms with Crippen molar-refractivity contribution < 1.29 is 9.53 Å². The first-order valence-corrected chi connectivity index (χ1v) is 11.0. The molecule has 0 unspecified atom stereocenters. The molecule has 0 atom stereocenters. The van der Waals surface area contributed by atoms with E-state index in [0.29, 0.717) is 6.61 Å². The van der Waals surface area contributed by atoms with Crippen LogP contribution in [0.4, 0.5) is 0 Å². The van der Waals surface area contributed by atoms with Crippen LogP contribution in [0.1, 0.15) is 30.9 Å². The summed E-state index contributed by atoms with van der Waals surface area (Å²) in [6, 6.07) is 16.5. The highest BCUT2D eigenvalue weighted by molar-refractivity contribution is 5.88. The molecule has 4 rings (SSSR count). The molecule has 3 aromatic rings. The normalized spacial score (nSPS) is 16.2. The van der Waals surface area contributed by atoms with Gasteiger partial charge in [-0.15, -0.1) is 0 Å². The van der Waals surface area contributed by atoms with Gasteiger partial charge in [0.15, 0.2) is 0 Å². The lowest BCUT2D eigenvalue weighted by atomic mass is 9.69. The molecule has 1 aliphatic heterocycles. The number of hydrogen-bond donors (Lipinski definition) is 0. The summed E-state index contributed by atoms with van der Waals surface area (Å²) in [5.41, 5.74) is 4.31. The van der Waals surface area contributed by atoms with Crippen LogP contribution in [0.25, 0.3) is 11.1 Å². The molecule has 0 radical (unpaired) electrons. The lowest BCUT2D eigenvalue weighted by molar-refractivity contribution is -0.124. The van der Waals surface area contributed by atoms with Gasteiger partial charge >= 0.3 is 0 Å². The molecule has 1 saturated heterocycles. The predicted molar refractivity (Wildman–Crippen MR) is 123 cm³/mol. The van der Waals surface area contributed by atoms with Crippen molar-refractivity contribution in [3.63, 3.8) is 0 Å². The minimum absolute atomic E-state index is 0.284. The number of piperidine rings is 1. The van der Waals surface area contributed by atoms with Gasteiger partial charge in [-0.05, 0) is 68.6 Å². The van der Waals surface area contributed by atoms with Crippen LogP contribution in [-0.2, 0) is 17.3 Å². The number of rotatable bonds is 7. The maximum atomic E-state index is 12.7. The van der Waals surface area contributed by atoms with E-state index in [1.54, 1.807) is 11.6 Å². The topological polar surface area (TPSA) is 47.4 Å². The van der Waals surface area contributed by atoms with Crippen LogP contribution in [0, 0.1) is 6.92 Å². The van der Waals surface area contributed by atoms with Gasteiger partial charge in [-0.1, -0.05) is 36.4 Å². The van der Waals surface area contributed by atoms with Crippen LogP contribution in [-0.4, -0.2) is 46.7 Å². The van der Waals surface area contributed by atoms with Gasteiger partial charge in [0.1, 0.15) is 18.1 Å². The average Bonchev–Trinajstić information content (AvgIpc) is 3.21. The Labute approximate surface area is 184 Å². The maximum absolute atomic E-state index is 12.7. The molecule has 1 fully saturated rings. The molecule has 5 nitrogen and oxygen atoms in total. The van der Waals surface area contributed by atoms with E-state index in [1.807, 2.05) is 43.7 Å². The number of aryl methyl sites for hydroxylation is 2. The van der Waals surface area contributed by atoms with Crippen molar-refractivity contribution in [3.8, 4) is 16.9 Å². The number of ether oxygens (including phenoxy) is 1. The minimum Gasteiger partial charge on any atom is -0.492 e. The van der Waals surface area contributed by atoms with Gasteiger partial charge in [-0.2, -0.15) is 5.10 Å². The number of carbonyl (C=O) groups is 1. The largest absolute Gasteiger partial charge is 0.492 e. The Morgan fingerprint density at radius 3 is 2.39 bits per heavy atom. The molecular weight excluding hydrogens is 386 g/mol. The highest BCUT2D eigenvalue weighted by atomic mass is 16.5. The first-order valence-electron chi connectivity index (χ1n) is 11.0. The van der Waals surface area contributed by atoms with Gasteiger partial charge in [0, 0.05) is 25.4 Å². The van der Waals surface area contributed by atoms with E-state index in [4.69, 9.17) is 4.74 Å². The zero-order valence-electron chi connectivity index (χ0n) is 18.7. The summed E-state index contributed by atoms with van der Waals surface area (Å²) in [6.07, 6.45) is 5.61. The van der Waals surface area contributed by atoms with Crippen molar-refractivity contribution >= 4 is 5.78 Å². The molecule has 0 bridgehead atoms. The molecule has 0 saturated carbocycles. The molecule has 5 heteroatoms. The van der Waals surface area contributed by atoms with Gasteiger partial charge < -0.3 is 4.74 Å². The van der Waals surface area contributed by atoms with Crippen LogP contribution in [0.5, 0.6) is 5.75 Å². The summed E-state index contributed by atoms with van der Waals surface area (Å²) in [5, 5.41) is 4.22. The molecule has 162 valence electrons. The monoisotopic (exact) mass is 417 g/mol. The van der Waals surface area contributed by atoms with Crippen LogP contribution < -0.4 is 4.74 Å². The Morgan fingerprint density at radius 1 is 1.06 bits per heavy atom. The number of carbonyl (C=O) groups excluding carboxylic acids is 1. The molecule has 0 aliphatic carbocycles. The number of aromatic nitrogens is 2. The van der Waals surface area contributed by atoms with Gasteiger partial charge in [0.05, 0.1) is 11.6 Å². The zero-order valence-corrected chi connectivity index (χ0v) is 18.7. The summed E-state index contributed by atoms with van der Waals surface area (Å²) in [4.78, 5) is 15.1. The second-order valence-corrected chi connectivity index (χ2v) is 8.57. The first-order chi connectivity index (χ1) is 15.0. The Bertz CT molecular complexity index is 1030. The van der Waals surface area contributed by atoms with E-state index >= 15 is 0 Å². The summed E-state index contributed by atoms with van der Waals surface area (Å²) in [5.74, 6) is 1.16. The van der Waals surface area contributed by atoms with Crippen LogP contribution in [0.2, 0.25) is 0 Å². The standard InChI is InChI=1S/C26H31N3O2/c1-20-6-4-5-7-25(20)26(21(2)30)12-14-29(15-13-26)16-17-31-24-10-8-22(9-11-24)23-18-27-28(3)19-23/h4-11,18-19H,12-17H2,1-3H3. The smallest absolute Gasteiger partial charge is 0.140 e. The fourth-order valence-electron chi connectivity index (χ4n) is 4.69. The predicted octanol–water partition coefficient (Wildman–Crippen LogP) is 4.40. The number of ketones is 1. The molecular formula is C26H31N3O2. The molecule has 1 aromatic heterocycles. The van der Waals surface area contributed by atoms with E-state index in [-0.39, 0.29) is 11.2 Å². The SMILES string of the molecule is CC(=O)C1(c2ccccc2C)CCN(CCOc2ccc(-c3cnn(C)c3)cc2)CC1. The lowest BCUT2D eigenvalue weighted by Gasteiger charge is -2.41. The highest BCUT2D eigenvalue weighted by Gasteiger charge is 2.41. The molecule has 1 aliphatic rings. The first kappa shape index (κ1) is 21.3. The fourth-order valence-corrected chi connectivity index (χ4v) is 4.69. The zero-order chi connectivity index (χ0) is 21.8. The summed E-state index contributed by atoms with van der Waals surface area (Å²) >= 11 is 0. The Kier molecular flexibility index (Phi) is 6.23. The van der Waals surface area contributed by atoms with Gasteiger partial charge in [-0.3, -0.25) is 14.4 Å². The Balaban J connectivity index is 1.30. The number of benzene rings is 2. The second-order valence-electron chi connectivity index (χ2n) is 8.57. The Hall–Kier alpha value is -2.92. The third-order valence-electron chi connectivity index (χ3n) is 6.61. The number of nitrogens with zero attached hydrogens (tertiary/aromatic N) is 3. The van der Waals surface area contributed by atoms with Crippen molar-refractivity contribution in [1.82, 2.24) is 14.7 Å². The van der Waals surface area contributed by atoms with E-state index < -0.39 is 0 Å². The van der Waals surface area contributed by atoms with Crippen molar-refractivity contribution in [2.24, 2.45) is 7.05 Å². The lowest BCUT2D eigenvalue weighted by Crippen LogP contribution is -2.47. The molecule has 0 amide bonds. The molecule has 0 spiro atoms. The molecule has 31 heavy (non-hydrogen) atoms. The summed E-state index contributed by atoms with van der Waals surface area (Å²) < 4.78 is 7.78. The van der Waals surface area contributed by atoms with E-state index in [1.165, 1.54) is 11.1 Å². The van der Waals surface area contributed by atoms with Gasteiger partial charge in [0.2, 0.25) is 0 Å². The van der Waals surface area contributed by atoms with Crippen LogP contribution in [0.15, 0.2) is 60.9 Å². The van der Waals surface area contributed by atoms with Gasteiger partial charge in [0.25, 0.3) is 0 Å². The number of hydrogen-bond acceptors (Lipinski definition) is 4. The van der Waals surface area contributed by atoms with E-state index in [9.17, 15) is 4.79 Å². The maximum Gasteiger partial charge on any atom is 0.140 e. The van der Waals surface area contributed by atoms with Crippen molar-refractivity contribution in [2.45, 2.75) is 32.1 Å². The van der Waals surface area contributed by atoms with Crippen LogP contribution in [0.3, 0.4) is 0 Å². The number of likely N-dealkylation sites (tertiary alicyclic amines) is 1. The fraction of sp³-hybridized carbons (Fsp3) is 0.385. The van der Waals surface area contributed by atoms with Gasteiger partial charge in [-0.25, -0.2) is 0 Å². The molecule has 0 N–H and O–H groups in total.